The van der Waals surface area contributed by atoms with Gasteiger partial charge in [-0.1, -0.05) is 0 Å². The Kier molecular flexibility index (Phi) is 3.12. The van der Waals surface area contributed by atoms with Gasteiger partial charge < -0.3 is 5.73 Å². The number of nitrogen functional groups attached to an aromatic ring is 1. The van der Waals surface area contributed by atoms with Crippen molar-refractivity contribution >= 4 is 5.82 Å². The van der Waals surface area contributed by atoms with Crippen LogP contribution in [0.1, 0.15) is 24.1 Å². The number of aromatic nitrogens is 4. The molecule has 0 bridgehead atoms. The van der Waals surface area contributed by atoms with Crippen molar-refractivity contribution in [3.63, 3.8) is 0 Å². The highest BCUT2D eigenvalue weighted by Gasteiger charge is 2.19. The van der Waals surface area contributed by atoms with E-state index in [0.717, 1.165) is 17.7 Å². The van der Waals surface area contributed by atoms with Crippen molar-refractivity contribution in [1.82, 2.24) is 25.0 Å². The summed E-state index contributed by atoms with van der Waals surface area (Å²) in [4.78, 5) is 0. The van der Waals surface area contributed by atoms with Crippen molar-refractivity contribution < 1.29 is 0 Å². The first-order valence-corrected chi connectivity index (χ1v) is 5.43. The molecule has 1 unspecified atom stereocenters. The van der Waals surface area contributed by atoms with Crippen molar-refractivity contribution in [2.45, 2.75) is 19.5 Å². The lowest BCUT2D eigenvalue weighted by Crippen LogP contribution is -2.29. The Morgan fingerprint density at radius 2 is 2.18 bits per heavy atom. The van der Waals surface area contributed by atoms with Gasteiger partial charge in [0, 0.05) is 30.9 Å². The average molecular weight is 235 g/mol. The predicted octanol–water partition coefficient (Wildman–Crippen LogP) is -0.229. The highest BCUT2D eigenvalue weighted by atomic mass is 15.3. The fraction of sp³-hybridized carbons (Fsp3) is 0.400. The van der Waals surface area contributed by atoms with Crippen LogP contribution in [0.4, 0.5) is 5.82 Å². The summed E-state index contributed by atoms with van der Waals surface area (Å²) in [5, 5.41) is 8.32. The number of rotatable bonds is 4. The van der Waals surface area contributed by atoms with Gasteiger partial charge in [-0.2, -0.15) is 10.2 Å². The van der Waals surface area contributed by atoms with Gasteiger partial charge in [0.15, 0.2) is 0 Å². The van der Waals surface area contributed by atoms with E-state index in [2.05, 4.69) is 15.6 Å². The maximum Gasteiger partial charge on any atom is 0.126 e. The molecule has 0 aliphatic heterocycles. The molecular formula is C10H17N7. The second kappa shape index (κ2) is 4.56. The van der Waals surface area contributed by atoms with Gasteiger partial charge >= 0.3 is 0 Å². The molecule has 17 heavy (non-hydrogen) atoms. The first-order chi connectivity index (χ1) is 8.17. The Bertz CT molecular complexity index is 498. The standard InChI is InChI=1S/C10H17N7/c1-3-17-6-7(4-14-17)9(15-12)8-5-13-16(2)10(8)11/h4-6,9,15H,3,11-12H2,1-2H3. The Morgan fingerprint density at radius 1 is 1.41 bits per heavy atom. The third kappa shape index (κ3) is 2.02. The molecule has 0 spiro atoms. The van der Waals surface area contributed by atoms with Gasteiger partial charge in [0.2, 0.25) is 0 Å². The molecule has 1 atom stereocenters. The summed E-state index contributed by atoms with van der Waals surface area (Å²) >= 11 is 0. The van der Waals surface area contributed by atoms with Gasteiger partial charge in [-0.25, -0.2) is 5.43 Å². The molecule has 2 rings (SSSR count). The third-order valence-electron chi connectivity index (χ3n) is 2.80. The Hall–Kier alpha value is -1.86. The second-order valence-corrected chi connectivity index (χ2v) is 3.84. The van der Waals surface area contributed by atoms with Crippen molar-refractivity contribution in [1.29, 1.82) is 0 Å². The summed E-state index contributed by atoms with van der Waals surface area (Å²) in [6.07, 6.45) is 5.43. The number of anilines is 1. The molecule has 7 heteroatoms. The number of aryl methyl sites for hydroxylation is 2. The van der Waals surface area contributed by atoms with E-state index >= 15 is 0 Å². The third-order valence-corrected chi connectivity index (χ3v) is 2.80. The van der Waals surface area contributed by atoms with Crippen molar-refractivity contribution in [3.05, 3.63) is 29.7 Å². The molecule has 0 saturated heterocycles. The highest BCUT2D eigenvalue weighted by Crippen LogP contribution is 2.25. The molecule has 2 aromatic rings. The second-order valence-electron chi connectivity index (χ2n) is 3.84. The summed E-state index contributed by atoms with van der Waals surface area (Å²) < 4.78 is 3.45. The van der Waals surface area contributed by atoms with Gasteiger partial charge in [-0.05, 0) is 6.92 Å². The van der Waals surface area contributed by atoms with E-state index in [9.17, 15) is 0 Å². The smallest absolute Gasteiger partial charge is 0.126 e. The lowest BCUT2D eigenvalue weighted by molar-refractivity contribution is 0.631. The molecule has 5 N–H and O–H groups in total. The molecular weight excluding hydrogens is 218 g/mol. The summed E-state index contributed by atoms with van der Waals surface area (Å²) in [5.74, 6) is 6.18. The lowest BCUT2D eigenvalue weighted by atomic mass is 10.1. The van der Waals surface area contributed by atoms with Crippen LogP contribution in [-0.4, -0.2) is 19.6 Å². The summed E-state index contributed by atoms with van der Waals surface area (Å²) in [7, 11) is 1.79. The minimum Gasteiger partial charge on any atom is -0.384 e. The lowest BCUT2D eigenvalue weighted by Gasteiger charge is -2.13. The molecule has 0 saturated carbocycles. The molecule has 0 fully saturated rings. The molecule has 2 heterocycles. The van der Waals surface area contributed by atoms with Crippen LogP contribution in [0.5, 0.6) is 0 Å². The molecule has 0 amide bonds. The summed E-state index contributed by atoms with van der Waals surface area (Å²) in [6, 6.07) is -0.191. The molecule has 7 nitrogen and oxygen atoms in total. The van der Waals surface area contributed by atoms with Crippen molar-refractivity contribution in [2.75, 3.05) is 5.73 Å². The van der Waals surface area contributed by atoms with Gasteiger partial charge in [0.25, 0.3) is 0 Å². The quantitative estimate of drug-likeness (QED) is 0.502. The Balaban J connectivity index is 2.36. The largest absolute Gasteiger partial charge is 0.384 e. The Morgan fingerprint density at radius 3 is 2.65 bits per heavy atom. The SMILES string of the molecule is CCn1cc(C(NN)c2cnn(C)c2N)cn1. The van der Waals surface area contributed by atoms with E-state index in [1.54, 1.807) is 24.1 Å². The number of hydrazine groups is 1. The zero-order valence-corrected chi connectivity index (χ0v) is 9.96. The molecule has 2 aromatic heterocycles. The number of nitrogens with two attached hydrogens (primary N) is 2. The predicted molar refractivity (Wildman–Crippen MR) is 64.7 cm³/mol. The van der Waals surface area contributed by atoms with Gasteiger partial charge in [0.1, 0.15) is 5.82 Å². The maximum absolute atomic E-state index is 5.93. The molecule has 0 aromatic carbocycles. The minimum absolute atomic E-state index is 0.191. The van der Waals surface area contributed by atoms with E-state index in [1.165, 1.54) is 0 Å². The van der Waals surface area contributed by atoms with Gasteiger partial charge in [-0.15, -0.1) is 0 Å². The fourth-order valence-electron chi connectivity index (χ4n) is 1.75. The van der Waals surface area contributed by atoms with Crippen LogP contribution >= 0.6 is 0 Å². The van der Waals surface area contributed by atoms with Crippen molar-refractivity contribution in [2.24, 2.45) is 12.9 Å². The zero-order valence-electron chi connectivity index (χ0n) is 9.96. The number of nitrogens with zero attached hydrogens (tertiary/aromatic N) is 4. The van der Waals surface area contributed by atoms with Crippen LogP contribution in [0, 0.1) is 0 Å². The van der Waals surface area contributed by atoms with Crippen LogP contribution < -0.4 is 17.0 Å². The molecule has 92 valence electrons. The van der Waals surface area contributed by atoms with E-state index < -0.39 is 0 Å². The van der Waals surface area contributed by atoms with Crippen LogP contribution in [0.25, 0.3) is 0 Å². The van der Waals surface area contributed by atoms with Crippen LogP contribution in [0.15, 0.2) is 18.6 Å². The zero-order chi connectivity index (χ0) is 12.4. The first kappa shape index (κ1) is 11.6. The van der Waals surface area contributed by atoms with Crippen LogP contribution in [0.3, 0.4) is 0 Å². The average Bonchev–Trinajstić information content (AvgIpc) is 2.92. The number of nitrogens with one attached hydrogen (secondary N) is 1. The van der Waals surface area contributed by atoms with Crippen LogP contribution in [-0.2, 0) is 13.6 Å². The molecule has 0 aliphatic rings. The molecule has 0 aliphatic carbocycles. The van der Waals surface area contributed by atoms with Crippen LogP contribution in [0.2, 0.25) is 0 Å². The minimum atomic E-state index is -0.191. The maximum atomic E-state index is 5.93. The van der Waals surface area contributed by atoms with E-state index in [1.807, 2.05) is 17.8 Å². The highest BCUT2D eigenvalue weighted by molar-refractivity contribution is 5.44. The van der Waals surface area contributed by atoms with Gasteiger partial charge in [0.05, 0.1) is 18.4 Å². The molecule has 0 radical (unpaired) electrons. The fourth-order valence-corrected chi connectivity index (χ4v) is 1.75. The van der Waals surface area contributed by atoms with E-state index in [-0.39, 0.29) is 6.04 Å². The normalized spacial score (nSPS) is 12.9. The Labute approximate surface area is 99.4 Å². The number of hydrogen-bond donors (Lipinski definition) is 3. The van der Waals surface area contributed by atoms with E-state index in [0.29, 0.717) is 5.82 Å². The van der Waals surface area contributed by atoms with Crippen molar-refractivity contribution in [3.8, 4) is 0 Å². The summed E-state index contributed by atoms with van der Waals surface area (Å²) in [5.41, 5.74) is 10.5. The first-order valence-electron chi connectivity index (χ1n) is 5.43. The van der Waals surface area contributed by atoms with E-state index in [4.69, 9.17) is 11.6 Å². The topological polar surface area (TPSA) is 99.7 Å². The number of hydrogen-bond acceptors (Lipinski definition) is 5. The summed E-state index contributed by atoms with van der Waals surface area (Å²) in [6.45, 7) is 2.85. The monoisotopic (exact) mass is 235 g/mol. The van der Waals surface area contributed by atoms with Gasteiger partial charge in [-0.3, -0.25) is 15.2 Å².